The summed E-state index contributed by atoms with van der Waals surface area (Å²) >= 11 is 5.63. The molecule has 1 unspecified atom stereocenters. The molecule has 0 bridgehead atoms. The van der Waals surface area contributed by atoms with Crippen molar-refractivity contribution in [2.75, 3.05) is 0 Å². The number of rotatable bonds is 3. The van der Waals surface area contributed by atoms with E-state index in [-0.39, 0.29) is 0 Å². The number of aliphatic hydroxyl groups excluding tert-OH is 1. The molecule has 1 aliphatic carbocycles. The average molecular weight is 228 g/mol. The molecule has 1 aromatic heterocycles. The van der Waals surface area contributed by atoms with Crippen molar-refractivity contribution in [1.29, 1.82) is 0 Å². The number of carboxylic acid groups (broad SMARTS) is 1. The smallest absolute Gasteiger partial charge is 0.333 e. The van der Waals surface area contributed by atoms with Crippen molar-refractivity contribution < 1.29 is 15.0 Å². The summed E-state index contributed by atoms with van der Waals surface area (Å²) in [6, 6.07) is 3.32. The average Bonchev–Trinajstić information content (AvgIpc) is 2.99. The SMILES string of the molecule is O=C(O)C(O)C1(c2ccc(Cl)nc2)CC1. The second-order valence-corrected chi connectivity index (χ2v) is 4.15. The lowest BCUT2D eigenvalue weighted by Crippen LogP contribution is -2.33. The van der Waals surface area contributed by atoms with Crippen LogP contribution in [-0.2, 0) is 10.2 Å². The van der Waals surface area contributed by atoms with Crippen molar-refractivity contribution in [3.8, 4) is 0 Å². The normalized spacial score (nSPS) is 19.6. The van der Waals surface area contributed by atoms with Crippen molar-refractivity contribution in [1.82, 2.24) is 4.98 Å². The van der Waals surface area contributed by atoms with E-state index in [0.29, 0.717) is 18.0 Å². The van der Waals surface area contributed by atoms with Gasteiger partial charge >= 0.3 is 5.97 Å². The second kappa shape index (κ2) is 3.47. The van der Waals surface area contributed by atoms with Crippen molar-refractivity contribution >= 4 is 17.6 Å². The van der Waals surface area contributed by atoms with Crippen LogP contribution in [0.25, 0.3) is 0 Å². The predicted octanol–water partition coefficient (Wildman–Crippen LogP) is 1.21. The Bertz CT molecular complexity index is 386. The van der Waals surface area contributed by atoms with Gasteiger partial charge in [-0.15, -0.1) is 0 Å². The minimum atomic E-state index is -1.36. The molecule has 5 heteroatoms. The summed E-state index contributed by atoms with van der Waals surface area (Å²) in [5, 5.41) is 18.7. The molecule has 80 valence electrons. The predicted molar refractivity (Wildman–Crippen MR) is 53.8 cm³/mol. The monoisotopic (exact) mass is 227 g/mol. The van der Waals surface area contributed by atoms with Gasteiger partial charge in [0, 0.05) is 11.6 Å². The third-order valence-corrected chi connectivity index (χ3v) is 3.07. The van der Waals surface area contributed by atoms with Crippen LogP contribution in [0, 0.1) is 0 Å². The first-order valence-corrected chi connectivity index (χ1v) is 4.97. The summed E-state index contributed by atoms with van der Waals surface area (Å²) < 4.78 is 0. The lowest BCUT2D eigenvalue weighted by atomic mass is 9.91. The van der Waals surface area contributed by atoms with E-state index in [1.54, 1.807) is 12.1 Å². The van der Waals surface area contributed by atoms with Gasteiger partial charge < -0.3 is 10.2 Å². The standard InChI is InChI=1S/C10H10ClNO3/c11-7-2-1-6(5-12-7)10(3-4-10)8(13)9(14)15/h1-2,5,8,13H,3-4H2,(H,14,15). The van der Waals surface area contributed by atoms with Gasteiger partial charge in [0.1, 0.15) is 5.15 Å². The van der Waals surface area contributed by atoms with E-state index in [2.05, 4.69) is 4.98 Å². The molecule has 15 heavy (non-hydrogen) atoms. The van der Waals surface area contributed by atoms with Crippen molar-refractivity contribution in [2.24, 2.45) is 0 Å². The maximum atomic E-state index is 10.7. The molecule has 1 heterocycles. The molecule has 0 aliphatic heterocycles. The van der Waals surface area contributed by atoms with Crippen LogP contribution in [0.15, 0.2) is 18.3 Å². The van der Waals surface area contributed by atoms with Crippen LogP contribution in [0.4, 0.5) is 0 Å². The summed E-state index contributed by atoms with van der Waals surface area (Å²) in [4.78, 5) is 14.6. The molecule has 2 rings (SSSR count). The zero-order valence-electron chi connectivity index (χ0n) is 7.85. The summed E-state index contributed by atoms with van der Waals surface area (Å²) in [6.45, 7) is 0. The highest BCUT2D eigenvalue weighted by Gasteiger charge is 2.53. The highest BCUT2D eigenvalue weighted by molar-refractivity contribution is 6.29. The molecule has 0 aromatic carbocycles. The number of pyridine rings is 1. The van der Waals surface area contributed by atoms with Crippen molar-refractivity contribution in [3.05, 3.63) is 29.0 Å². The number of aliphatic hydroxyl groups is 1. The molecule has 0 radical (unpaired) electrons. The number of carboxylic acids is 1. The molecule has 1 saturated carbocycles. The number of hydrogen-bond acceptors (Lipinski definition) is 3. The largest absolute Gasteiger partial charge is 0.479 e. The first-order chi connectivity index (χ1) is 7.06. The number of halogens is 1. The molecule has 0 spiro atoms. The van der Waals surface area contributed by atoms with E-state index < -0.39 is 17.5 Å². The number of aromatic nitrogens is 1. The van der Waals surface area contributed by atoms with E-state index >= 15 is 0 Å². The highest BCUT2D eigenvalue weighted by Crippen LogP contribution is 2.50. The maximum absolute atomic E-state index is 10.7. The molecule has 1 atom stereocenters. The zero-order valence-corrected chi connectivity index (χ0v) is 8.61. The molecule has 4 nitrogen and oxygen atoms in total. The fourth-order valence-corrected chi connectivity index (χ4v) is 1.87. The Morgan fingerprint density at radius 2 is 2.20 bits per heavy atom. The summed E-state index contributed by atoms with van der Waals surface area (Å²) in [5.74, 6) is -1.19. The van der Waals surface area contributed by atoms with E-state index in [0.717, 1.165) is 5.56 Å². The summed E-state index contributed by atoms with van der Waals surface area (Å²) in [5.41, 5.74) is 0.0884. The molecule has 1 fully saturated rings. The summed E-state index contributed by atoms with van der Waals surface area (Å²) in [6.07, 6.45) is 1.51. The first kappa shape index (κ1) is 10.4. The van der Waals surface area contributed by atoms with Crippen molar-refractivity contribution in [3.63, 3.8) is 0 Å². The topological polar surface area (TPSA) is 70.4 Å². The Morgan fingerprint density at radius 3 is 2.60 bits per heavy atom. The number of carbonyl (C=O) groups is 1. The third kappa shape index (κ3) is 1.70. The van der Waals surface area contributed by atoms with E-state index in [1.807, 2.05) is 0 Å². The van der Waals surface area contributed by atoms with Gasteiger partial charge in [0.25, 0.3) is 0 Å². The number of aliphatic carboxylic acids is 1. The van der Waals surface area contributed by atoms with Gasteiger partial charge in [-0.25, -0.2) is 9.78 Å². The fourth-order valence-electron chi connectivity index (χ4n) is 1.76. The van der Waals surface area contributed by atoms with Crippen molar-refractivity contribution in [2.45, 2.75) is 24.4 Å². The number of hydrogen-bond donors (Lipinski definition) is 2. The van der Waals surface area contributed by atoms with Gasteiger partial charge in [0.2, 0.25) is 0 Å². The molecule has 1 aliphatic rings. The Hall–Kier alpha value is -1.13. The van der Waals surface area contributed by atoms with Crippen LogP contribution in [0.5, 0.6) is 0 Å². The third-order valence-electron chi connectivity index (χ3n) is 2.85. The first-order valence-electron chi connectivity index (χ1n) is 4.59. The van der Waals surface area contributed by atoms with Gasteiger partial charge in [-0.1, -0.05) is 17.7 Å². The lowest BCUT2D eigenvalue weighted by Gasteiger charge is -2.18. The van der Waals surface area contributed by atoms with Gasteiger partial charge in [0.05, 0.1) is 0 Å². The van der Waals surface area contributed by atoms with Crippen LogP contribution in [0.1, 0.15) is 18.4 Å². The molecular formula is C10H10ClNO3. The summed E-state index contributed by atoms with van der Waals surface area (Å²) in [7, 11) is 0. The lowest BCUT2D eigenvalue weighted by molar-refractivity contribution is -0.148. The van der Waals surface area contributed by atoms with Crippen LogP contribution < -0.4 is 0 Å². The van der Waals surface area contributed by atoms with E-state index in [1.165, 1.54) is 6.20 Å². The Morgan fingerprint density at radius 1 is 1.53 bits per heavy atom. The minimum absolute atomic E-state index is 0.361. The molecule has 0 amide bonds. The van der Waals surface area contributed by atoms with E-state index in [4.69, 9.17) is 16.7 Å². The Balaban J connectivity index is 2.30. The number of nitrogens with zero attached hydrogens (tertiary/aromatic N) is 1. The Labute approximate surface area is 91.5 Å². The van der Waals surface area contributed by atoms with Crippen LogP contribution in [0.2, 0.25) is 5.15 Å². The van der Waals surface area contributed by atoms with Gasteiger partial charge in [-0.2, -0.15) is 0 Å². The fraction of sp³-hybridized carbons (Fsp3) is 0.400. The molecule has 1 aromatic rings. The van der Waals surface area contributed by atoms with Gasteiger partial charge in [0.15, 0.2) is 6.10 Å². The minimum Gasteiger partial charge on any atom is -0.479 e. The molecule has 2 N–H and O–H groups in total. The Kier molecular flexibility index (Phi) is 2.40. The van der Waals surface area contributed by atoms with E-state index in [9.17, 15) is 9.90 Å². The quantitative estimate of drug-likeness (QED) is 0.762. The molecular weight excluding hydrogens is 218 g/mol. The van der Waals surface area contributed by atoms with Gasteiger partial charge in [-0.05, 0) is 24.5 Å². The van der Waals surface area contributed by atoms with Gasteiger partial charge in [-0.3, -0.25) is 0 Å². The van der Waals surface area contributed by atoms with Crippen LogP contribution in [-0.4, -0.2) is 27.3 Å². The highest BCUT2D eigenvalue weighted by atomic mass is 35.5. The van der Waals surface area contributed by atoms with Crippen LogP contribution in [0.3, 0.4) is 0 Å². The second-order valence-electron chi connectivity index (χ2n) is 3.77. The maximum Gasteiger partial charge on any atom is 0.333 e. The molecule has 0 saturated heterocycles. The van der Waals surface area contributed by atoms with Crippen LogP contribution >= 0.6 is 11.6 Å². The zero-order chi connectivity index (χ0) is 11.1.